The van der Waals surface area contributed by atoms with Gasteiger partial charge in [-0.2, -0.15) is 0 Å². The van der Waals surface area contributed by atoms with Crippen molar-refractivity contribution < 1.29 is 14.6 Å². The average Bonchev–Trinajstić information content (AvgIpc) is 2.57. The minimum absolute atomic E-state index is 0.00627. The molecule has 0 saturated carbocycles. The molecule has 0 heterocycles. The van der Waals surface area contributed by atoms with E-state index >= 15 is 0 Å². The molecule has 0 atom stereocenters. The molecule has 5 nitrogen and oxygen atoms in total. The molecule has 0 radical (unpaired) electrons. The highest BCUT2D eigenvalue weighted by Gasteiger charge is 2.19. The first kappa shape index (κ1) is 22.6. The summed E-state index contributed by atoms with van der Waals surface area (Å²) in [7, 11) is 0. The lowest BCUT2D eigenvalue weighted by Gasteiger charge is -2.21. The monoisotopic (exact) mass is 460 g/mol. The Hall–Kier alpha value is -1.73. The number of halogens is 3. The first-order valence-electron chi connectivity index (χ1n) is 8.19. The zero-order valence-corrected chi connectivity index (χ0v) is 18.5. The number of benzene rings is 2. The van der Waals surface area contributed by atoms with Crippen LogP contribution in [0.4, 0.5) is 5.69 Å². The van der Waals surface area contributed by atoms with Crippen molar-refractivity contribution in [2.24, 2.45) is 0 Å². The van der Waals surface area contributed by atoms with Gasteiger partial charge in [0, 0.05) is 5.02 Å². The maximum atomic E-state index is 12.1. The van der Waals surface area contributed by atoms with E-state index in [1.165, 1.54) is 6.07 Å². The molecular formula is C19H19Cl3N2O3S. The van der Waals surface area contributed by atoms with Crippen molar-refractivity contribution in [3.63, 3.8) is 0 Å². The number of carbonyl (C=O) groups excluding carboxylic acids is 1. The van der Waals surface area contributed by atoms with Gasteiger partial charge in [-0.05, 0) is 53.5 Å². The molecular weight excluding hydrogens is 443 g/mol. The number of amides is 1. The number of phenolic OH excluding ortho intramolecular Hbond substituents is 1. The van der Waals surface area contributed by atoms with Crippen LogP contribution in [0.5, 0.6) is 11.5 Å². The van der Waals surface area contributed by atoms with Crippen molar-refractivity contribution in [1.82, 2.24) is 5.32 Å². The molecule has 28 heavy (non-hydrogen) atoms. The van der Waals surface area contributed by atoms with Crippen molar-refractivity contribution in [3.05, 3.63) is 51.0 Å². The van der Waals surface area contributed by atoms with E-state index in [0.29, 0.717) is 21.5 Å². The number of rotatable bonds is 4. The Bertz CT molecular complexity index is 914. The predicted molar refractivity (Wildman–Crippen MR) is 118 cm³/mol. The Kier molecular flexibility index (Phi) is 7.39. The largest absolute Gasteiger partial charge is 0.504 e. The van der Waals surface area contributed by atoms with Crippen LogP contribution < -0.4 is 15.4 Å². The summed E-state index contributed by atoms with van der Waals surface area (Å²) in [5.41, 5.74) is 1.00. The number of aromatic hydroxyl groups is 1. The summed E-state index contributed by atoms with van der Waals surface area (Å²) in [6, 6.07) is 8.09. The number of ether oxygens (including phenoxy) is 1. The minimum Gasteiger partial charge on any atom is -0.504 e. The van der Waals surface area contributed by atoms with Crippen LogP contribution >= 0.6 is 47.0 Å². The van der Waals surface area contributed by atoms with Gasteiger partial charge < -0.3 is 15.2 Å². The molecule has 0 bridgehead atoms. The van der Waals surface area contributed by atoms with E-state index in [0.717, 1.165) is 5.56 Å². The normalized spacial score (nSPS) is 11.1. The van der Waals surface area contributed by atoms with Crippen LogP contribution in [0, 0.1) is 0 Å². The molecule has 2 rings (SSSR count). The fourth-order valence-corrected chi connectivity index (χ4v) is 3.09. The SMILES string of the molecule is CC(C)(C)c1cc(Cl)c(O)c(NC(=S)NC(=O)COc2ccc(Cl)cc2Cl)c1. The van der Waals surface area contributed by atoms with Gasteiger partial charge in [-0.3, -0.25) is 10.1 Å². The van der Waals surface area contributed by atoms with Crippen LogP contribution in [0.3, 0.4) is 0 Å². The predicted octanol–water partition coefficient (Wildman–Crippen LogP) is 5.54. The Morgan fingerprint density at radius 3 is 2.43 bits per heavy atom. The third-order valence-electron chi connectivity index (χ3n) is 3.68. The lowest BCUT2D eigenvalue weighted by atomic mass is 9.87. The third kappa shape index (κ3) is 6.14. The number of hydrogen-bond acceptors (Lipinski definition) is 4. The Morgan fingerprint density at radius 1 is 1.14 bits per heavy atom. The second kappa shape index (κ2) is 9.18. The molecule has 2 aromatic rings. The molecule has 3 N–H and O–H groups in total. The third-order valence-corrected chi connectivity index (χ3v) is 4.71. The van der Waals surface area contributed by atoms with Gasteiger partial charge in [-0.15, -0.1) is 0 Å². The second-order valence-electron chi connectivity index (χ2n) is 6.97. The number of phenols is 1. The molecule has 0 saturated heterocycles. The van der Waals surface area contributed by atoms with E-state index in [2.05, 4.69) is 10.6 Å². The van der Waals surface area contributed by atoms with Gasteiger partial charge >= 0.3 is 0 Å². The van der Waals surface area contributed by atoms with Crippen molar-refractivity contribution >= 4 is 63.7 Å². The molecule has 150 valence electrons. The second-order valence-corrected chi connectivity index (χ2v) is 8.63. The van der Waals surface area contributed by atoms with Crippen molar-refractivity contribution in [1.29, 1.82) is 0 Å². The molecule has 0 aliphatic heterocycles. The van der Waals surface area contributed by atoms with E-state index in [1.54, 1.807) is 24.3 Å². The Morgan fingerprint density at radius 2 is 1.82 bits per heavy atom. The van der Waals surface area contributed by atoms with Crippen LogP contribution in [0.1, 0.15) is 26.3 Å². The Balaban J connectivity index is 2.00. The standard InChI is InChI=1S/C19H19Cl3N2O3S/c1-19(2,3)10-6-13(22)17(26)14(7-10)23-18(28)24-16(25)9-27-15-5-4-11(20)8-12(15)21/h4-8,26H,9H2,1-3H3,(H2,23,24,25,28). The van der Waals surface area contributed by atoms with Crippen LogP contribution in [0.25, 0.3) is 0 Å². The molecule has 0 unspecified atom stereocenters. The maximum Gasteiger partial charge on any atom is 0.264 e. The summed E-state index contributed by atoms with van der Waals surface area (Å²) in [5.74, 6) is -0.334. The highest BCUT2D eigenvalue weighted by Crippen LogP contribution is 2.37. The summed E-state index contributed by atoms with van der Waals surface area (Å²) in [6.45, 7) is 5.73. The van der Waals surface area contributed by atoms with Gasteiger partial charge in [-0.1, -0.05) is 55.6 Å². The van der Waals surface area contributed by atoms with Gasteiger partial charge in [0.15, 0.2) is 17.5 Å². The van der Waals surface area contributed by atoms with E-state index in [4.69, 9.17) is 51.8 Å². The molecule has 0 fully saturated rings. The van der Waals surface area contributed by atoms with Crippen molar-refractivity contribution in [2.45, 2.75) is 26.2 Å². The summed E-state index contributed by atoms with van der Waals surface area (Å²) < 4.78 is 5.35. The van der Waals surface area contributed by atoms with Crippen LogP contribution in [-0.2, 0) is 10.2 Å². The number of thiocarbonyl (C=S) groups is 1. The number of nitrogens with one attached hydrogen (secondary N) is 2. The van der Waals surface area contributed by atoms with Gasteiger partial charge in [0.1, 0.15) is 5.75 Å². The first-order valence-corrected chi connectivity index (χ1v) is 9.73. The van der Waals surface area contributed by atoms with Crippen molar-refractivity contribution in [3.8, 4) is 11.5 Å². The van der Waals surface area contributed by atoms with E-state index in [-0.39, 0.29) is 27.9 Å². The average molecular weight is 462 g/mol. The smallest absolute Gasteiger partial charge is 0.264 e. The van der Waals surface area contributed by atoms with E-state index in [9.17, 15) is 9.90 Å². The molecule has 9 heteroatoms. The maximum absolute atomic E-state index is 12.1. The fraction of sp³-hybridized carbons (Fsp3) is 0.263. The highest BCUT2D eigenvalue weighted by atomic mass is 35.5. The van der Waals surface area contributed by atoms with Gasteiger partial charge in [0.25, 0.3) is 5.91 Å². The van der Waals surface area contributed by atoms with Crippen molar-refractivity contribution in [2.75, 3.05) is 11.9 Å². The minimum atomic E-state index is -0.499. The lowest BCUT2D eigenvalue weighted by Crippen LogP contribution is -2.37. The summed E-state index contributed by atoms with van der Waals surface area (Å²) in [4.78, 5) is 12.1. The van der Waals surface area contributed by atoms with E-state index in [1.807, 2.05) is 20.8 Å². The fourth-order valence-electron chi connectivity index (χ4n) is 2.18. The Labute approximate surface area is 183 Å². The lowest BCUT2D eigenvalue weighted by molar-refractivity contribution is -0.121. The number of anilines is 1. The molecule has 2 aromatic carbocycles. The number of hydrogen-bond donors (Lipinski definition) is 3. The number of carbonyl (C=O) groups is 1. The quantitative estimate of drug-likeness (QED) is 0.412. The molecule has 0 aliphatic rings. The summed E-state index contributed by atoms with van der Waals surface area (Å²) >= 11 is 23.0. The van der Waals surface area contributed by atoms with Crippen LogP contribution in [0.2, 0.25) is 15.1 Å². The van der Waals surface area contributed by atoms with Crippen LogP contribution in [0.15, 0.2) is 30.3 Å². The zero-order chi connectivity index (χ0) is 21.1. The van der Waals surface area contributed by atoms with E-state index < -0.39 is 5.91 Å². The summed E-state index contributed by atoms with van der Waals surface area (Å²) in [6.07, 6.45) is 0. The first-order chi connectivity index (χ1) is 13.0. The van der Waals surface area contributed by atoms with Gasteiger partial charge in [-0.25, -0.2) is 0 Å². The molecule has 0 aliphatic carbocycles. The highest BCUT2D eigenvalue weighted by molar-refractivity contribution is 7.80. The topological polar surface area (TPSA) is 70.6 Å². The molecule has 0 spiro atoms. The zero-order valence-electron chi connectivity index (χ0n) is 15.4. The summed E-state index contributed by atoms with van der Waals surface area (Å²) in [5, 5.41) is 16.3. The molecule has 1 amide bonds. The van der Waals surface area contributed by atoms with Crippen LogP contribution in [-0.4, -0.2) is 22.7 Å². The van der Waals surface area contributed by atoms with Gasteiger partial charge in [0.05, 0.1) is 15.7 Å². The molecule has 0 aromatic heterocycles. The van der Waals surface area contributed by atoms with Gasteiger partial charge in [0.2, 0.25) is 0 Å².